The second-order valence-electron chi connectivity index (χ2n) is 5.21. The SMILES string of the molecule is O=C(Cn1nc(-c2ccccc2)ccc1=O)NN1CCOCC1. The van der Waals surface area contributed by atoms with Crippen molar-refractivity contribution in [2.45, 2.75) is 6.54 Å². The molecule has 1 fully saturated rings. The van der Waals surface area contributed by atoms with Crippen LogP contribution >= 0.6 is 0 Å². The molecule has 1 aromatic heterocycles. The number of nitrogens with zero attached hydrogens (tertiary/aromatic N) is 3. The summed E-state index contributed by atoms with van der Waals surface area (Å²) in [5, 5.41) is 6.07. The number of nitrogens with one attached hydrogen (secondary N) is 1. The second kappa shape index (κ2) is 7.17. The van der Waals surface area contributed by atoms with E-state index in [2.05, 4.69) is 10.5 Å². The molecular formula is C16H18N4O3. The molecule has 1 amide bonds. The van der Waals surface area contributed by atoms with E-state index in [1.54, 1.807) is 11.1 Å². The third-order valence-electron chi connectivity index (χ3n) is 3.52. The minimum atomic E-state index is -0.304. The molecule has 0 radical (unpaired) electrons. The first-order valence-electron chi connectivity index (χ1n) is 7.48. The number of aromatic nitrogens is 2. The van der Waals surface area contributed by atoms with E-state index in [0.29, 0.717) is 32.0 Å². The van der Waals surface area contributed by atoms with Crippen molar-refractivity contribution in [1.82, 2.24) is 20.2 Å². The van der Waals surface area contributed by atoms with Crippen molar-refractivity contribution in [3.05, 3.63) is 52.8 Å². The monoisotopic (exact) mass is 314 g/mol. The van der Waals surface area contributed by atoms with Crippen molar-refractivity contribution < 1.29 is 9.53 Å². The molecule has 7 heteroatoms. The zero-order valence-corrected chi connectivity index (χ0v) is 12.6. The van der Waals surface area contributed by atoms with Gasteiger partial charge in [-0.15, -0.1) is 0 Å². The van der Waals surface area contributed by atoms with Crippen molar-refractivity contribution in [2.24, 2.45) is 0 Å². The van der Waals surface area contributed by atoms with Crippen LogP contribution in [0.15, 0.2) is 47.3 Å². The molecule has 1 aliphatic heterocycles. The normalized spacial score (nSPS) is 15.3. The quantitative estimate of drug-likeness (QED) is 0.877. The van der Waals surface area contributed by atoms with Crippen molar-refractivity contribution >= 4 is 5.91 Å². The van der Waals surface area contributed by atoms with Crippen molar-refractivity contribution in [2.75, 3.05) is 26.3 Å². The van der Waals surface area contributed by atoms with Gasteiger partial charge in [-0.1, -0.05) is 30.3 Å². The van der Waals surface area contributed by atoms with E-state index in [9.17, 15) is 9.59 Å². The standard InChI is InChI=1S/C16H18N4O3/c21-15(18-19-8-10-23-11-9-19)12-20-16(22)7-6-14(17-20)13-4-2-1-3-5-13/h1-7H,8-12H2,(H,18,21). The summed E-state index contributed by atoms with van der Waals surface area (Å²) < 4.78 is 6.40. The lowest BCUT2D eigenvalue weighted by atomic mass is 10.1. The van der Waals surface area contributed by atoms with Gasteiger partial charge in [0, 0.05) is 24.7 Å². The van der Waals surface area contributed by atoms with Crippen LogP contribution in [0.2, 0.25) is 0 Å². The maximum absolute atomic E-state index is 12.1. The number of amides is 1. The number of hydrogen-bond donors (Lipinski definition) is 1. The highest BCUT2D eigenvalue weighted by Gasteiger charge is 2.14. The molecule has 0 spiro atoms. The van der Waals surface area contributed by atoms with Gasteiger partial charge in [0.2, 0.25) is 0 Å². The summed E-state index contributed by atoms with van der Waals surface area (Å²) in [5.41, 5.74) is 4.02. The molecule has 0 aliphatic carbocycles. The van der Waals surface area contributed by atoms with Gasteiger partial charge < -0.3 is 4.74 Å². The van der Waals surface area contributed by atoms with Gasteiger partial charge in [0.25, 0.3) is 11.5 Å². The van der Waals surface area contributed by atoms with Crippen LogP contribution in [0.3, 0.4) is 0 Å². The van der Waals surface area contributed by atoms with E-state index in [-0.39, 0.29) is 18.0 Å². The van der Waals surface area contributed by atoms with Gasteiger partial charge in [-0.3, -0.25) is 15.0 Å². The lowest BCUT2D eigenvalue weighted by Crippen LogP contribution is -2.49. The average molecular weight is 314 g/mol. The third-order valence-corrected chi connectivity index (χ3v) is 3.52. The number of carbonyl (C=O) groups is 1. The number of rotatable bonds is 4. The van der Waals surface area contributed by atoms with Crippen molar-refractivity contribution in [3.8, 4) is 11.3 Å². The van der Waals surface area contributed by atoms with Crippen LogP contribution in [0.5, 0.6) is 0 Å². The molecule has 1 saturated heterocycles. The van der Waals surface area contributed by atoms with Gasteiger partial charge in [-0.25, -0.2) is 9.69 Å². The molecule has 1 N–H and O–H groups in total. The Kier molecular flexibility index (Phi) is 4.80. The van der Waals surface area contributed by atoms with Crippen molar-refractivity contribution in [1.29, 1.82) is 0 Å². The predicted octanol–water partition coefficient (Wildman–Crippen LogP) is 0.274. The maximum atomic E-state index is 12.1. The van der Waals surface area contributed by atoms with E-state index in [0.717, 1.165) is 5.56 Å². The third kappa shape index (κ3) is 4.02. The molecule has 120 valence electrons. The summed E-state index contributed by atoms with van der Waals surface area (Å²) in [6.45, 7) is 2.33. The summed E-state index contributed by atoms with van der Waals surface area (Å²) in [7, 11) is 0. The van der Waals surface area contributed by atoms with E-state index >= 15 is 0 Å². The molecule has 0 atom stereocenters. The first-order chi connectivity index (χ1) is 11.2. The molecule has 0 unspecified atom stereocenters. The summed E-state index contributed by atoms with van der Waals surface area (Å²) in [6, 6.07) is 12.6. The number of hydrogen-bond acceptors (Lipinski definition) is 5. The zero-order valence-electron chi connectivity index (χ0n) is 12.6. The highest BCUT2D eigenvalue weighted by molar-refractivity contribution is 5.75. The Morgan fingerprint density at radius 3 is 2.61 bits per heavy atom. The maximum Gasteiger partial charge on any atom is 0.267 e. The second-order valence-corrected chi connectivity index (χ2v) is 5.21. The first kappa shape index (κ1) is 15.4. The van der Waals surface area contributed by atoms with E-state index in [4.69, 9.17) is 4.74 Å². The number of carbonyl (C=O) groups excluding carboxylic acids is 1. The van der Waals surface area contributed by atoms with Gasteiger partial charge in [0.15, 0.2) is 0 Å². The summed E-state index contributed by atoms with van der Waals surface area (Å²) in [6.07, 6.45) is 0. The van der Waals surface area contributed by atoms with Gasteiger partial charge >= 0.3 is 0 Å². The van der Waals surface area contributed by atoms with Crippen molar-refractivity contribution in [3.63, 3.8) is 0 Å². The Labute approximate surface area is 133 Å². The van der Waals surface area contributed by atoms with Gasteiger partial charge in [-0.05, 0) is 6.07 Å². The Morgan fingerprint density at radius 2 is 1.87 bits per heavy atom. The van der Waals surface area contributed by atoms with E-state index in [1.165, 1.54) is 10.7 Å². The largest absolute Gasteiger partial charge is 0.379 e. The van der Waals surface area contributed by atoms with Crippen LogP contribution < -0.4 is 11.0 Å². The fourth-order valence-corrected chi connectivity index (χ4v) is 2.35. The van der Waals surface area contributed by atoms with Crippen LogP contribution in [0, 0.1) is 0 Å². The molecule has 2 aromatic rings. The topological polar surface area (TPSA) is 76.5 Å². The molecule has 1 aromatic carbocycles. The minimum Gasteiger partial charge on any atom is -0.379 e. The van der Waals surface area contributed by atoms with Crippen LogP contribution in [0.1, 0.15) is 0 Å². The highest BCUT2D eigenvalue weighted by atomic mass is 16.5. The summed E-state index contributed by atoms with van der Waals surface area (Å²) in [5.74, 6) is -0.272. The molecular weight excluding hydrogens is 296 g/mol. The van der Waals surface area contributed by atoms with Crippen LogP contribution in [0.4, 0.5) is 0 Å². The molecule has 0 saturated carbocycles. The lowest BCUT2D eigenvalue weighted by molar-refractivity contribution is -0.128. The fraction of sp³-hybridized carbons (Fsp3) is 0.312. The minimum absolute atomic E-state index is 0.114. The average Bonchev–Trinajstić information content (AvgIpc) is 2.58. The van der Waals surface area contributed by atoms with E-state index in [1.807, 2.05) is 30.3 Å². The number of ether oxygens (including phenoxy) is 1. The first-order valence-corrected chi connectivity index (χ1v) is 7.48. The highest BCUT2D eigenvalue weighted by Crippen LogP contribution is 2.13. The molecule has 1 aliphatic rings. The number of benzene rings is 1. The molecule has 2 heterocycles. The summed E-state index contributed by atoms with van der Waals surface area (Å²) in [4.78, 5) is 24.0. The molecule has 3 rings (SSSR count). The Morgan fingerprint density at radius 1 is 1.13 bits per heavy atom. The predicted molar refractivity (Wildman–Crippen MR) is 84.5 cm³/mol. The van der Waals surface area contributed by atoms with Gasteiger partial charge in [-0.2, -0.15) is 5.10 Å². The number of hydrazine groups is 1. The smallest absolute Gasteiger partial charge is 0.267 e. The molecule has 7 nitrogen and oxygen atoms in total. The Bertz CT molecular complexity index is 724. The lowest BCUT2D eigenvalue weighted by Gasteiger charge is -2.26. The Balaban J connectivity index is 1.72. The van der Waals surface area contributed by atoms with Crippen LogP contribution in [-0.2, 0) is 16.1 Å². The summed E-state index contributed by atoms with van der Waals surface area (Å²) >= 11 is 0. The molecule has 23 heavy (non-hydrogen) atoms. The fourth-order valence-electron chi connectivity index (χ4n) is 2.35. The van der Waals surface area contributed by atoms with E-state index < -0.39 is 0 Å². The zero-order chi connectivity index (χ0) is 16.1. The number of morpholine rings is 1. The van der Waals surface area contributed by atoms with Gasteiger partial charge in [0.05, 0.1) is 18.9 Å². The van der Waals surface area contributed by atoms with Crippen LogP contribution in [-0.4, -0.2) is 47.0 Å². The van der Waals surface area contributed by atoms with Gasteiger partial charge in [0.1, 0.15) is 6.54 Å². The van der Waals surface area contributed by atoms with Crippen LogP contribution in [0.25, 0.3) is 11.3 Å². The Hall–Kier alpha value is -2.51. The molecule has 0 bridgehead atoms.